The van der Waals surface area contributed by atoms with Crippen molar-refractivity contribution in [1.29, 1.82) is 0 Å². The third-order valence-corrected chi connectivity index (χ3v) is 4.24. The van der Waals surface area contributed by atoms with Crippen LogP contribution in [0.1, 0.15) is 5.56 Å². The Morgan fingerprint density at radius 1 is 1.17 bits per heavy atom. The van der Waals surface area contributed by atoms with Crippen LogP contribution in [0.2, 0.25) is 5.02 Å². The van der Waals surface area contributed by atoms with Crippen LogP contribution in [0.15, 0.2) is 42.7 Å². The lowest BCUT2D eigenvalue weighted by molar-refractivity contribution is -0.384. The molecule has 0 atom stereocenters. The summed E-state index contributed by atoms with van der Waals surface area (Å²) in [7, 11) is 0. The van der Waals surface area contributed by atoms with Crippen molar-refractivity contribution in [2.24, 2.45) is 0 Å². The molecule has 0 fully saturated rings. The van der Waals surface area contributed by atoms with Gasteiger partial charge in [0, 0.05) is 34.8 Å². The van der Waals surface area contributed by atoms with Crippen molar-refractivity contribution in [3.8, 4) is 0 Å². The van der Waals surface area contributed by atoms with Crippen LogP contribution in [-0.4, -0.2) is 21.4 Å². The second kappa shape index (κ2) is 5.17. The van der Waals surface area contributed by atoms with Crippen molar-refractivity contribution in [1.82, 2.24) is 9.97 Å². The summed E-state index contributed by atoms with van der Waals surface area (Å²) in [5.74, 6) is 0.742. The predicted octanol–water partition coefficient (Wildman–Crippen LogP) is 3.89. The molecule has 0 saturated carbocycles. The standard InChI is InChI=1S/C16H11ClN4O2/c17-11-2-1-10-5-6-20(15(10)7-11)16-13-4-3-12(21(22)23)8-14(13)18-9-19-16/h1-4,7-9H,5-6H2. The highest BCUT2D eigenvalue weighted by atomic mass is 35.5. The zero-order chi connectivity index (χ0) is 16.0. The third-order valence-electron chi connectivity index (χ3n) is 4.01. The molecule has 4 rings (SSSR count). The Bertz CT molecular complexity index is 945. The number of hydrogen-bond donors (Lipinski definition) is 0. The van der Waals surface area contributed by atoms with E-state index in [1.165, 1.54) is 24.0 Å². The fourth-order valence-corrected chi connectivity index (χ4v) is 3.10. The maximum atomic E-state index is 10.9. The Morgan fingerprint density at radius 3 is 2.87 bits per heavy atom. The topological polar surface area (TPSA) is 72.2 Å². The quantitative estimate of drug-likeness (QED) is 0.527. The Labute approximate surface area is 136 Å². The molecule has 6 nitrogen and oxygen atoms in total. The molecule has 7 heteroatoms. The van der Waals surface area contributed by atoms with Crippen molar-refractivity contribution < 1.29 is 4.92 Å². The molecule has 1 aliphatic rings. The van der Waals surface area contributed by atoms with E-state index in [0.29, 0.717) is 10.5 Å². The van der Waals surface area contributed by atoms with E-state index in [1.807, 2.05) is 18.2 Å². The number of aromatic nitrogens is 2. The van der Waals surface area contributed by atoms with E-state index in [4.69, 9.17) is 11.6 Å². The minimum Gasteiger partial charge on any atom is -0.325 e. The maximum absolute atomic E-state index is 10.9. The lowest BCUT2D eigenvalue weighted by Gasteiger charge is -2.19. The van der Waals surface area contributed by atoms with Crippen LogP contribution in [0.25, 0.3) is 10.9 Å². The van der Waals surface area contributed by atoms with Gasteiger partial charge in [-0.25, -0.2) is 9.97 Å². The van der Waals surface area contributed by atoms with E-state index >= 15 is 0 Å². The molecule has 1 aliphatic heterocycles. The fraction of sp³-hybridized carbons (Fsp3) is 0.125. The molecule has 0 N–H and O–H groups in total. The van der Waals surface area contributed by atoms with E-state index in [-0.39, 0.29) is 5.69 Å². The summed E-state index contributed by atoms with van der Waals surface area (Å²) in [5.41, 5.74) is 2.81. The average Bonchev–Trinajstić information content (AvgIpc) is 2.96. The molecule has 23 heavy (non-hydrogen) atoms. The van der Waals surface area contributed by atoms with Crippen molar-refractivity contribution >= 4 is 39.7 Å². The first-order chi connectivity index (χ1) is 11.1. The normalized spacial score (nSPS) is 13.3. The third kappa shape index (κ3) is 2.27. The van der Waals surface area contributed by atoms with Crippen molar-refractivity contribution in [3.63, 3.8) is 0 Å². The molecular weight excluding hydrogens is 316 g/mol. The molecule has 114 valence electrons. The van der Waals surface area contributed by atoms with E-state index in [2.05, 4.69) is 14.9 Å². The smallest absolute Gasteiger partial charge is 0.271 e. The summed E-state index contributed by atoms with van der Waals surface area (Å²) in [6.45, 7) is 0.790. The molecule has 1 aromatic heterocycles. The predicted molar refractivity (Wildman–Crippen MR) is 88.4 cm³/mol. The van der Waals surface area contributed by atoms with Gasteiger partial charge in [-0.05, 0) is 30.2 Å². The van der Waals surface area contributed by atoms with E-state index in [1.54, 1.807) is 6.07 Å². The fourth-order valence-electron chi connectivity index (χ4n) is 2.93. The summed E-state index contributed by atoms with van der Waals surface area (Å²) in [6, 6.07) is 10.5. The molecular formula is C16H11ClN4O2. The number of rotatable bonds is 2. The Kier molecular flexibility index (Phi) is 3.12. The van der Waals surface area contributed by atoms with Crippen LogP contribution >= 0.6 is 11.6 Å². The number of nitro benzene ring substituents is 1. The number of benzene rings is 2. The molecule has 0 amide bonds. The van der Waals surface area contributed by atoms with Gasteiger partial charge in [0.25, 0.3) is 5.69 Å². The summed E-state index contributed by atoms with van der Waals surface area (Å²) in [6.07, 6.45) is 2.34. The first-order valence-electron chi connectivity index (χ1n) is 7.08. The SMILES string of the molecule is O=[N+]([O-])c1ccc2c(N3CCc4ccc(Cl)cc43)ncnc2c1. The lowest BCUT2D eigenvalue weighted by Crippen LogP contribution is -2.15. The van der Waals surface area contributed by atoms with Crippen LogP contribution in [0, 0.1) is 10.1 Å². The minimum absolute atomic E-state index is 0.0204. The van der Waals surface area contributed by atoms with Crippen LogP contribution in [-0.2, 0) is 6.42 Å². The molecule has 0 bridgehead atoms. The Hall–Kier alpha value is -2.73. The largest absolute Gasteiger partial charge is 0.325 e. The highest BCUT2D eigenvalue weighted by molar-refractivity contribution is 6.31. The number of hydrogen-bond acceptors (Lipinski definition) is 5. The van der Waals surface area contributed by atoms with Gasteiger partial charge in [-0.15, -0.1) is 0 Å². The van der Waals surface area contributed by atoms with E-state index < -0.39 is 4.92 Å². The van der Waals surface area contributed by atoms with Crippen molar-refractivity contribution in [2.75, 3.05) is 11.4 Å². The second-order valence-corrected chi connectivity index (χ2v) is 5.77. The van der Waals surface area contributed by atoms with Crippen LogP contribution in [0.3, 0.4) is 0 Å². The van der Waals surface area contributed by atoms with Gasteiger partial charge < -0.3 is 4.90 Å². The molecule has 0 spiro atoms. The molecule has 0 aliphatic carbocycles. The highest BCUT2D eigenvalue weighted by Crippen LogP contribution is 2.38. The van der Waals surface area contributed by atoms with Gasteiger partial charge in [-0.3, -0.25) is 10.1 Å². The zero-order valence-electron chi connectivity index (χ0n) is 11.9. The summed E-state index contributed by atoms with van der Waals surface area (Å²) in [4.78, 5) is 21.1. The molecule has 3 aromatic rings. The molecule has 0 saturated heterocycles. The Morgan fingerprint density at radius 2 is 2.04 bits per heavy atom. The van der Waals surface area contributed by atoms with Gasteiger partial charge in [0.15, 0.2) is 0 Å². The number of anilines is 2. The molecule has 2 aromatic carbocycles. The van der Waals surface area contributed by atoms with Gasteiger partial charge >= 0.3 is 0 Å². The van der Waals surface area contributed by atoms with E-state index in [0.717, 1.165) is 29.9 Å². The first kappa shape index (κ1) is 13.9. The second-order valence-electron chi connectivity index (χ2n) is 5.33. The summed E-state index contributed by atoms with van der Waals surface area (Å²) in [5, 5.41) is 12.4. The summed E-state index contributed by atoms with van der Waals surface area (Å²) >= 11 is 6.12. The first-order valence-corrected chi connectivity index (χ1v) is 7.46. The van der Waals surface area contributed by atoms with Gasteiger partial charge in [0.2, 0.25) is 0 Å². The van der Waals surface area contributed by atoms with Crippen molar-refractivity contribution in [2.45, 2.75) is 6.42 Å². The highest BCUT2D eigenvalue weighted by Gasteiger charge is 2.23. The molecule has 0 unspecified atom stereocenters. The number of nitrogens with zero attached hydrogens (tertiary/aromatic N) is 4. The van der Waals surface area contributed by atoms with Crippen LogP contribution < -0.4 is 4.90 Å². The number of halogens is 1. The van der Waals surface area contributed by atoms with Gasteiger partial charge in [-0.1, -0.05) is 17.7 Å². The maximum Gasteiger partial charge on any atom is 0.271 e. The van der Waals surface area contributed by atoms with Gasteiger partial charge in [0.1, 0.15) is 12.1 Å². The molecule has 0 radical (unpaired) electrons. The zero-order valence-corrected chi connectivity index (χ0v) is 12.7. The molecule has 2 heterocycles. The van der Waals surface area contributed by atoms with Gasteiger partial charge in [0.05, 0.1) is 10.4 Å². The Balaban J connectivity index is 1.88. The van der Waals surface area contributed by atoms with Crippen LogP contribution in [0.5, 0.6) is 0 Å². The number of fused-ring (bicyclic) bond motifs is 2. The van der Waals surface area contributed by atoms with Gasteiger partial charge in [-0.2, -0.15) is 0 Å². The van der Waals surface area contributed by atoms with Crippen molar-refractivity contribution in [3.05, 3.63) is 63.4 Å². The van der Waals surface area contributed by atoms with Crippen LogP contribution in [0.4, 0.5) is 17.2 Å². The average molecular weight is 327 g/mol. The van der Waals surface area contributed by atoms with E-state index in [9.17, 15) is 10.1 Å². The number of non-ortho nitro benzene ring substituents is 1. The lowest BCUT2D eigenvalue weighted by atomic mass is 10.1. The minimum atomic E-state index is -0.424. The monoisotopic (exact) mass is 326 g/mol. The summed E-state index contributed by atoms with van der Waals surface area (Å²) < 4.78 is 0. The number of nitro groups is 1.